The van der Waals surface area contributed by atoms with E-state index >= 15 is 0 Å². The molecule has 90 valence electrons. The number of hydrogen-bond acceptors (Lipinski definition) is 3. The lowest BCUT2D eigenvalue weighted by Crippen LogP contribution is -2.37. The van der Waals surface area contributed by atoms with Crippen molar-refractivity contribution < 1.29 is 5.11 Å². The van der Waals surface area contributed by atoms with E-state index in [2.05, 4.69) is 11.8 Å². The number of halogens is 1. The molecular weight excluding hydrogens is 224 g/mol. The molecule has 0 fully saturated rings. The molecule has 3 nitrogen and oxygen atoms in total. The maximum Gasteiger partial charge on any atom is 0.0836 e. The Morgan fingerprint density at radius 2 is 2.00 bits per heavy atom. The zero-order chi connectivity index (χ0) is 12.0. The Kier molecular flexibility index (Phi) is 5.60. The van der Waals surface area contributed by atoms with Crippen LogP contribution in [0.15, 0.2) is 24.3 Å². The van der Waals surface area contributed by atoms with Gasteiger partial charge in [-0.2, -0.15) is 0 Å². The summed E-state index contributed by atoms with van der Waals surface area (Å²) in [4.78, 5) is 2.12. The van der Waals surface area contributed by atoms with Gasteiger partial charge in [-0.1, -0.05) is 18.5 Å². The van der Waals surface area contributed by atoms with Crippen LogP contribution in [0.1, 0.15) is 13.3 Å². The van der Waals surface area contributed by atoms with E-state index in [0.717, 1.165) is 23.7 Å². The molecule has 0 aliphatic rings. The largest absolute Gasteiger partial charge is 0.390 e. The van der Waals surface area contributed by atoms with Crippen LogP contribution >= 0.6 is 11.6 Å². The van der Waals surface area contributed by atoms with Crippen LogP contribution in [-0.2, 0) is 0 Å². The summed E-state index contributed by atoms with van der Waals surface area (Å²) in [5, 5.41) is 10.3. The number of aliphatic hydroxyl groups is 1. The molecule has 0 aromatic heterocycles. The minimum atomic E-state index is -0.484. The quantitative estimate of drug-likeness (QED) is 0.801. The molecule has 4 heteroatoms. The Labute approximate surface area is 102 Å². The van der Waals surface area contributed by atoms with Gasteiger partial charge in [0.05, 0.1) is 6.10 Å². The van der Waals surface area contributed by atoms with E-state index in [9.17, 15) is 5.11 Å². The van der Waals surface area contributed by atoms with Crippen LogP contribution in [0.5, 0.6) is 0 Å². The molecule has 0 amide bonds. The van der Waals surface area contributed by atoms with Gasteiger partial charge in [0.25, 0.3) is 0 Å². The molecule has 3 N–H and O–H groups in total. The highest BCUT2D eigenvalue weighted by atomic mass is 35.5. The average molecular weight is 243 g/mol. The normalized spacial score (nSPS) is 12.5. The van der Waals surface area contributed by atoms with E-state index in [1.54, 1.807) is 0 Å². The minimum Gasteiger partial charge on any atom is -0.390 e. The second-order valence-corrected chi connectivity index (χ2v) is 4.25. The lowest BCUT2D eigenvalue weighted by Gasteiger charge is -2.26. The summed E-state index contributed by atoms with van der Waals surface area (Å²) >= 11 is 5.84. The van der Waals surface area contributed by atoms with E-state index in [-0.39, 0.29) is 6.54 Å². The monoisotopic (exact) mass is 242 g/mol. The molecule has 0 spiro atoms. The van der Waals surface area contributed by atoms with Crippen LogP contribution < -0.4 is 10.6 Å². The predicted molar refractivity (Wildman–Crippen MR) is 69.0 cm³/mol. The van der Waals surface area contributed by atoms with Crippen molar-refractivity contribution in [3.8, 4) is 0 Å². The Morgan fingerprint density at radius 3 is 2.50 bits per heavy atom. The fourth-order valence-electron chi connectivity index (χ4n) is 1.58. The minimum absolute atomic E-state index is 0.286. The third-order valence-corrected chi connectivity index (χ3v) is 2.64. The molecule has 1 unspecified atom stereocenters. The summed E-state index contributed by atoms with van der Waals surface area (Å²) in [6.07, 6.45) is 0.544. The fourth-order valence-corrected chi connectivity index (χ4v) is 1.70. The lowest BCUT2D eigenvalue weighted by atomic mass is 10.2. The molecule has 0 bridgehead atoms. The first kappa shape index (κ1) is 13.3. The van der Waals surface area contributed by atoms with Gasteiger partial charge in [0.2, 0.25) is 0 Å². The molecule has 16 heavy (non-hydrogen) atoms. The first-order valence-electron chi connectivity index (χ1n) is 5.56. The molecule has 1 aromatic carbocycles. The fraction of sp³-hybridized carbons (Fsp3) is 0.500. The number of anilines is 1. The van der Waals surface area contributed by atoms with Crippen molar-refractivity contribution >= 4 is 17.3 Å². The van der Waals surface area contributed by atoms with Crippen LogP contribution in [0.25, 0.3) is 0 Å². The molecule has 0 radical (unpaired) electrons. The highest BCUT2D eigenvalue weighted by molar-refractivity contribution is 6.30. The highest BCUT2D eigenvalue weighted by Gasteiger charge is 2.10. The van der Waals surface area contributed by atoms with E-state index in [4.69, 9.17) is 17.3 Å². The summed E-state index contributed by atoms with van der Waals surface area (Å²) in [5.74, 6) is 0. The van der Waals surface area contributed by atoms with Gasteiger partial charge in [-0.05, 0) is 30.7 Å². The van der Waals surface area contributed by atoms with Gasteiger partial charge < -0.3 is 15.7 Å². The lowest BCUT2D eigenvalue weighted by molar-refractivity contribution is 0.188. The molecule has 1 atom stereocenters. The third-order valence-electron chi connectivity index (χ3n) is 2.39. The van der Waals surface area contributed by atoms with Crippen molar-refractivity contribution in [3.05, 3.63) is 29.3 Å². The first-order chi connectivity index (χ1) is 7.67. The van der Waals surface area contributed by atoms with Gasteiger partial charge in [0.15, 0.2) is 0 Å². The van der Waals surface area contributed by atoms with E-state index in [1.165, 1.54) is 0 Å². The van der Waals surface area contributed by atoms with Gasteiger partial charge in [0, 0.05) is 30.3 Å². The second-order valence-electron chi connectivity index (χ2n) is 3.81. The van der Waals surface area contributed by atoms with Crippen molar-refractivity contribution in [2.24, 2.45) is 5.73 Å². The number of rotatable bonds is 6. The average Bonchev–Trinajstić information content (AvgIpc) is 2.29. The number of nitrogens with two attached hydrogens (primary N) is 1. The SMILES string of the molecule is CCCN(CC(O)CN)c1ccc(Cl)cc1. The third kappa shape index (κ3) is 4.00. The van der Waals surface area contributed by atoms with Crippen molar-refractivity contribution in [1.29, 1.82) is 0 Å². The molecular formula is C12H19ClN2O. The predicted octanol–water partition coefficient (Wildman–Crippen LogP) is 1.88. The summed E-state index contributed by atoms with van der Waals surface area (Å²) in [7, 11) is 0. The number of hydrogen-bond donors (Lipinski definition) is 2. The molecule has 0 aliphatic heterocycles. The molecule has 0 saturated carbocycles. The number of aliphatic hydroxyl groups excluding tert-OH is 1. The zero-order valence-corrected chi connectivity index (χ0v) is 10.3. The zero-order valence-electron chi connectivity index (χ0n) is 9.56. The second kappa shape index (κ2) is 6.74. The standard InChI is InChI=1S/C12H19ClN2O/c1-2-7-15(9-12(16)8-14)11-5-3-10(13)4-6-11/h3-6,12,16H,2,7-9,14H2,1H3. The number of nitrogens with zero attached hydrogens (tertiary/aromatic N) is 1. The summed E-state index contributed by atoms with van der Waals surface area (Å²) in [6.45, 7) is 3.86. The maximum absolute atomic E-state index is 9.58. The molecule has 0 heterocycles. The van der Waals surface area contributed by atoms with E-state index in [1.807, 2.05) is 24.3 Å². The molecule has 0 aliphatic carbocycles. The van der Waals surface area contributed by atoms with Crippen molar-refractivity contribution in [2.75, 3.05) is 24.5 Å². The topological polar surface area (TPSA) is 49.5 Å². The van der Waals surface area contributed by atoms with Gasteiger partial charge in [0.1, 0.15) is 0 Å². The summed E-state index contributed by atoms with van der Waals surface area (Å²) in [5.41, 5.74) is 6.49. The van der Waals surface area contributed by atoms with Gasteiger partial charge in [-0.3, -0.25) is 0 Å². The van der Waals surface area contributed by atoms with Crippen LogP contribution in [0.2, 0.25) is 5.02 Å². The van der Waals surface area contributed by atoms with Crippen LogP contribution in [-0.4, -0.2) is 30.8 Å². The van der Waals surface area contributed by atoms with Gasteiger partial charge >= 0.3 is 0 Å². The van der Waals surface area contributed by atoms with Crippen LogP contribution in [0.4, 0.5) is 5.69 Å². The number of benzene rings is 1. The van der Waals surface area contributed by atoms with Crippen LogP contribution in [0, 0.1) is 0 Å². The highest BCUT2D eigenvalue weighted by Crippen LogP contribution is 2.18. The van der Waals surface area contributed by atoms with Crippen molar-refractivity contribution in [2.45, 2.75) is 19.4 Å². The Hall–Kier alpha value is -0.770. The van der Waals surface area contributed by atoms with E-state index in [0.29, 0.717) is 6.54 Å². The Bertz CT molecular complexity index is 302. The molecule has 1 rings (SSSR count). The summed E-state index contributed by atoms with van der Waals surface area (Å²) < 4.78 is 0. The van der Waals surface area contributed by atoms with Gasteiger partial charge in [-0.15, -0.1) is 0 Å². The van der Waals surface area contributed by atoms with Crippen molar-refractivity contribution in [1.82, 2.24) is 0 Å². The van der Waals surface area contributed by atoms with E-state index < -0.39 is 6.10 Å². The maximum atomic E-state index is 9.58. The van der Waals surface area contributed by atoms with Crippen molar-refractivity contribution in [3.63, 3.8) is 0 Å². The Balaban J connectivity index is 2.72. The first-order valence-corrected chi connectivity index (χ1v) is 5.93. The summed E-state index contributed by atoms with van der Waals surface area (Å²) in [6, 6.07) is 7.63. The smallest absolute Gasteiger partial charge is 0.0836 e. The Morgan fingerprint density at radius 1 is 1.38 bits per heavy atom. The van der Waals surface area contributed by atoms with Crippen LogP contribution in [0.3, 0.4) is 0 Å². The molecule has 1 aromatic rings. The van der Waals surface area contributed by atoms with Gasteiger partial charge in [-0.25, -0.2) is 0 Å². The molecule has 0 saturated heterocycles.